The van der Waals surface area contributed by atoms with E-state index < -0.39 is 11.6 Å². The fourth-order valence-corrected chi connectivity index (χ4v) is 3.31. The summed E-state index contributed by atoms with van der Waals surface area (Å²) in [6.07, 6.45) is 1.09. The number of halogens is 1. The number of rotatable bonds is 4. The lowest BCUT2D eigenvalue weighted by atomic mass is 9.84. The molecule has 3 rings (SSSR count). The van der Waals surface area contributed by atoms with Crippen LogP contribution in [0.15, 0.2) is 54.6 Å². The van der Waals surface area contributed by atoms with Crippen molar-refractivity contribution in [3.8, 4) is 0 Å². The molecule has 1 aliphatic rings. The van der Waals surface area contributed by atoms with Crippen molar-refractivity contribution in [1.29, 1.82) is 0 Å². The number of nitrogens with one attached hydrogen (secondary N) is 2. The van der Waals surface area contributed by atoms with E-state index in [1.165, 1.54) is 0 Å². The number of hydrogen-bond donors (Lipinski definition) is 3. The summed E-state index contributed by atoms with van der Waals surface area (Å²) in [5, 5.41) is 16.3. The number of urea groups is 1. The van der Waals surface area contributed by atoms with Gasteiger partial charge < -0.3 is 10.4 Å². The largest absolute Gasteiger partial charge is 0.385 e. The molecule has 1 heterocycles. The summed E-state index contributed by atoms with van der Waals surface area (Å²) in [6, 6.07) is 15.6. The first-order valence-electron chi connectivity index (χ1n) is 8.81. The van der Waals surface area contributed by atoms with E-state index in [9.17, 15) is 14.7 Å². The van der Waals surface area contributed by atoms with E-state index in [1.54, 1.807) is 24.3 Å². The maximum atomic E-state index is 12.1. The van der Waals surface area contributed by atoms with Crippen molar-refractivity contribution in [2.75, 3.05) is 25.0 Å². The standard InChI is InChI=1S/C20H22ClN3O3/c21-16-6-8-17(9-7-16)22-19(26)23-18(25)14-24-12-10-20(27,11-13-24)15-4-2-1-3-5-15/h1-9,27H,10-14H2,(H2,22,23,25,26). The normalized spacial score (nSPS) is 16.5. The van der Waals surface area contributed by atoms with Crippen molar-refractivity contribution in [2.45, 2.75) is 18.4 Å². The van der Waals surface area contributed by atoms with E-state index in [1.807, 2.05) is 35.2 Å². The first-order valence-corrected chi connectivity index (χ1v) is 9.19. The molecule has 0 radical (unpaired) electrons. The molecule has 0 unspecified atom stereocenters. The van der Waals surface area contributed by atoms with Crippen LogP contribution in [0.5, 0.6) is 0 Å². The minimum Gasteiger partial charge on any atom is -0.385 e. The maximum Gasteiger partial charge on any atom is 0.325 e. The monoisotopic (exact) mass is 387 g/mol. The van der Waals surface area contributed by atoms with Gasteiger partial charge in [-0.15, -0.1) is 0 Å². The molecule has 0 atom stereocenters. The molecular formula is C20H22ClN3O3. The van der Waals surface area contributed by atoms with Gasteiger partial charge in [-0.1, -0.05) is 41.9 Å². The Bertz CT molecular complexity index is 788. The molecule has 27 heavy (non-hydrogen) atoms. The summed E-state index contributed by atoms with van der Waals surface area (Å²) in [5.74, 6) is -0.383. The molecule has 142 valence electrons. The third-order valence-corrected chi connectivity index (χ3v) is 4.97. The van der Waals surface area contributed by atoms with Gasteiger partial charge in [-0.2, -0.15) is 0 Å². The Hall–Kier alpha value is -2.41. The van der Waals surface area contributed by atoms with E-state index in [0.717, 1.165) is 5.56 Å². The van der Waals surface area contributed by atoms with E-state index in [0.29, 0.717) is 36.6 Å². The predicted molar refractivity (Wildman–Crippen MR) is 105 cm³/mol. The molecule has 1 fully saturated rings. The quantitative estimate of drug-likeness (QED) is 0.753. The summed E-state index contributed by atoms with van der Waals surface area (Å²) in [6.45, 7) is 1.27. The average Bonchev–Trinajstić information content (AvgIpc) is 2.66. The second-order valence-corrected chi connectivity index (χ2v) is 7.12. The Kier molecular flexibility index (Phi) is 6.11. The molecular weight excluding hydrogens is 366 g/mol. The van der Waals surface area contributed by atoms with Crippen LogP contribution < -0.4 is 10.6 Å². The number of piperidine rings is 1. The van der Waals surface area contributed by atoms with Crippen LogP contribution in [0.3, 0.4) is 0 Å². The molecule has 0 bridgehead atoms. The third-order valence-electron chi connectivity index (χ3n) is 4.72. The molecule has 7 heteroatoms. The zero-order chi connectivity index (χ0) is 19.3. The van der Waals surface area contributed by atoms with Crippen molar-refractivity contribution >= 4 is 29.2 Å². The van der Waals surface area contributed by atoms with Crippen LogP contribution in [0, 0.1) is 0 Å². The summed E-state index contributed by atoms with van der Waals surface area (Å²) in [4.78, 5) is 25.9. The molecule has 0 spiro atoms. The highest BCUT2D eigenvalue weighted by Crippen LogP contribution is 2.32. The van der Waals surface area contributed by atoms with E-state index in [4.69, 9.17) is 11.6 Å². The molecule has 0 aliphatic carbocycles. The molecule has 3 amide bonds. The summed E-state index contributed by atoms with van der Waals surface area (Å²) >= 11 is 5.79. The smallest absolute Gasteiger partial charge is 0.325 e. The molecule has 3 N–H and O–H groups in total. The van der Waals surface area contributed by atoms with Crippen molar-refractivity contribution in [3.63, 3.8) is 0 Å². The fourth-order valence-electron chi connectivity index (χ4n) is 3.18. The SMILES string of the molecule is O=C(CN1CCC(O)(c2ccccc2)CC1)NC(=O)Nc1ccc(Cl)cc1. The first kappa shape index (κ1) is 19.4. The van der Waals surface area contributed by atoms with Gasteiger partial charge in [-0.25, -0.2) is 4.79 Å². The Balaban J connectivity index is 1.45. The van der Waals surface area contributed by atoms with Crippen LogP contribution in [0.2, 0.25) is 5.02 Å². The van der Waals surface area contributed by atoms with Gasteiger partial charge in [0.1, 0.15) is 0 Å². The van der Waals surface area contributed by atoms with Gasteiger partial charge in [0.15, 0.2) is 0 Å². The molecule has 0 aromatic heterocycles. The topological polar surface area (TPSA) is 81.7 Å². The van der Waals surface area contributed by atoms with Crippen molar-refractivity contribution in [2.24, 2.45) is 0 Å². The van der Waals surface area contributed by atoms with Gasteiger partial charge in [0.2, 0.25) is 5.91 Å². The lowest BCUT2D eigenvalue weighted by Crippen LogP contribution is -2.47. The number of aliphatic hydroxyl groups is 1. The Morgan fingerprint density at radius 1 is 1.04 bits per heavy atom. The summed E-state index contributed by atoms with van der Waals surface area (Å²) < 4.78 is 0. The van der Waals surface area contributed by atoms with Crippen molar-refractivity contribution < 1.29 is 14.7 Å². The van der Waals surface area contributed by atoms with Crippen molar-refractivity contribution in [3.05, 3.63) is 65.2 Å². The number of carbonyl (C=O) groups is 2. The lowest BCUT2D eigenvalue weighted by Gasteiger charge is -2.38. The van der Waals surface area contributed by atoms with E-state index in [-0.39, 0.29) is 12.5 Å². The summed E-state index contributed by atoms with van der Waals surface area (Å²) in [7, 11) is 0. The van der Waals surface area contributed by atoms with Gasteiger partial charge >= 0.3 is 6.03 Å². The number of imide groups is 1. The first-order chi connectivity index (χ1) is 12.9. The highest BCUT2D eigenvalue weighted by atomic mass is 35.5. The van der Waals surface area contributed by atoms with Crippen LogP contribution in [0.4, 0.5) is 10.5 Å². The van der Waals surface area contributed by atoms with Crippen molar-refractivity contribution in [1.82, 2.24) is 10.2 Å². The lowest BCUT2D eigenvalue weighted by molar-refractivity contribution is -0.122. The number of hydrogen-bond acceptors (Lipinski definition) is 4. The Morgan fingerprint density at radius 2 is 1.67 bits per heavy atom. The third kappa shape index (κ3) is 5.29. The van der Waals surface area contributed by atoms with Gasteiger partial charge in [-0.3, -0.25) is 15.0 Å². The van der Waals surface area contributed by atoms with Gasteiger partial charge in [0, 0.05) is 23.8 Å². The highest BCUT2D eigenvalue weighted by molar-refractivity contribution is 6.30. The average molecular weight is 388 g/mol. The maximum absolute atomic E-state index is 12.1. The van der Waals surface area contributed by atoms with Crippen LogP contribution in [0.1, 0.15) is 18.4 Å². The van der Waals surface area contributed by atoms with Crippen LogP contribution in [0.25, 0.3) is 0 Å². The number of nitrogens with zero attached hydrogens (tertiary/aromatic N) is 1. The zero-order valence-corrected chi connectivity index (χ0v) is 15.6. The number of benzene rings is 2. The van der Waals surface area contributed by atoms with E-state index in [2.05, 4.69) is 10.6 Å². The van der Waals surface area contributed by atoms with Gasteiger partial charge in [0.05, 0.1) is 12.1 Å². The fraction of sp³-hybridized carbons (Fsp3) is 0.300. The number of anilines is 1. The number of likely N-dealkylation sites (tertiary alicyclic amines) is 1. The molecule has 2 aromatic carbocycles. The molecule has 1 saturated heterocycles. The van der Waals surface area contributed by atoms with E-state index >= 15 is 0 Å². The minimum absolute atomic E-state index is 0.110. The zero-order valence-electron chi connectivity index (χ0n) is 14.8. The minimum atomic E-state index is -0.861. The van der Waals surface area contributed by atoms with Gasteiger partial charge in [-0.05, 0) is 42.7 Å². The van der Waals surface area contributed by atoms with Crippen LogP contribution in [-0.2, 0) is 10.4 Å². The molecule has 1 aliphatic heterocycles. The molecule has 6 nitrogen and oxygen atoms in total. The summed E-state index contributed by atoms with van der Waals surface area (Å²) in [5.41, 5.74) is 0.590. The second-order valence-electron chi connectivity index (χ2n) is 6.68. The highest BCUT2D eigenvalue weighted by Gasteiger charge is 2.34. The van der Waals surface area contributed by atoms with Gasteiger partial charge in [0.25, 0.3) is 0 Å². The van der Waals surface area contributed by atoms with Crippen LogP contribution >= 0.6 is 11.6 Å². The number of amides is 3. The number of carbonyl (C=O) groups excluding carboxylic acids is 2. The Morgan fingerprint density at radius 3 is 2.30 bits per heavy atom. The Labute approximate surface area is 163 Å². The molecule has 2 aromatic rings. The second kappa shape index (κ2) is 8.52. The molecule has 0 saturated carbocycles. The van der Waals surface area contributed by atoms with Crippen LogP contribution in [-0.4, -0.2) is 41.6 Å². The predicted octanol–water partition coefficient (Wildman–Crippen LogP) is 2.97.